The molecule has 2 unspecified atom stereocenters. The van der Waals surface area contributed by atoms with Crippen molar-refractivity contribution in [3.8, 4) is 11.4 Å². The van der Waals surface area contributed by atoms with Crippen LogP contribution in [0.3, 0.4) is 0 Å². The van der Waals surface area contributed by atoms with E-state index < -0.39 is 35.6 Å². The number of carbonyl (C=O) groups is 3. The normalized spacial score (nSPS) is 15.0. The van der Waals surface area contributed by atoms with Gasteiger partial charge in [0.05, 0.1) is 21.2 Å². The van der Waals surface area contributed by atoms with Crippen molar-refractivity contribution in [2.24, 2.45) is 0 Å². The second-order valence-corrected chi connectivity index (χ2v) is 7.98. The molecule has 0 radical (unpaired) electrons. The summed E-state index contributed by atoms with van der Waals surface area (Å²) in [6, 6.07) is 6.30. The summed E-state index contributed by atoms with van der Waals surface area (Å²) in [6.07, 6.45) is 0. The van der Waals surface area contributed by atoms with Crippen LogP contribution >= 0.6 is 23.2 Å². The number of nitrogens with one attached hydrogen (secondary N) is 1. The summed E-state index contributed by atoms with van der Waals surface area (Å²) in [5.41, 5.74) is 0.701. The zero-order valence-corrected chi connectivity index (χ0v) is 18.2. The monoisotopic (exact) mass is 476 g/mol. The minimum Gasteiger partial charge on any atom is -0.343 e. The number of benzene rings is 2. The van der Waals surface area contributed by atoms with Crippen LogP contribution in [0, 0.1) is 5.82 Å². The van der Waals surface area contributed by atoms with Crippen molar-refractivity contribution < 1.29 is 23.3 Å². The Balaban J connectivity index is 1.48. The molecule has 2 aromatic carbocycles. The van der Waals surface area contributed by atoms with E-state index in [1.165, 1.54) is 43.3 Å². The minimum absolute atomic E-state index is 0.0814. The molecule has 0 spiro atoms. The molecule has 11 heteroatoms. The highest BCUT2D eigenvalue weighted by Gasteiger charge is 2.41. The number of imide groups is 1. The van der Waals surface area contributed by atoms with Crippen LogP contribution in [0.4, 0.5) is 4.39 Å². The molecule has 1 N–H and O–H groups in total. The molecule has 32 heavy (non-hydrogen) atoms. The molecule has 3 amide bonds. The molecule has 1 aliphatic rings. The van der Waals surface area contributed by atoms with Crippen LogP contribution in [-0.4, -0.2) is 38.8 Å². The summed E-state index contributed by atoms with van der Waals surface area (Å²) >= 11 is 11.9. The van der Waals surface area contributed by atoms with Crippen LogP contribution in [0.1, 0.15) is 46.5 Å². The van der Waals surface area contributed by atoms with Crippen molar-refractivity contribution in [3.05, 3.63) is 69.3 Å². The van der Waals surface area contributed by atoms with Gasteiger partial charge in [-0.25, -0.2) is 4.39 Å². The number of amides is 3. The lowest BCUT2D eigenvalue weighted by Crippen LogP contribution is -2.48. The average Bonchev–Trinajstić information content (AvgIpc) is 3.33. The molecule has 0 bridgehead atoms. The fourth-order valence-electron chi connectivity index (χ4n) is 3.24. The van der Waals surface area contributed by atoms with Gasteiger partial charge >= 0.3 is 0 Å². The minimum atomic E-state index is -1.12. The van der Waals surface area contributed by atoms with Crippen LogP contribution in [0.5, 0.6) is 0 Å². The van der Waals surface area contributed by atoms with Crippen LogP contribution in [0.15, 0.2) is 40.9 Å². The fraction of sp³-hybridized carbons (Fsp3) is 0.190. The maximum absolute atomic E-state index is 13.1. The van der Waals surface area contributed by atoms with E-state index in [-0.39, 0.29) is 32.9 Å². The number of nitrogens with zero attached hydrogens (tertiary/aromatic N) is 3. The van der Waals surface area contributed by atoms with Gasteiger partial charge in [0.15, 0.2) is 0 Å². The van der Waals surface area contributed by atoms with Crippen molar-refractivity contribution in [1.82, 2.24) is 20.4 Å². The van der Waals surface area contributed by atoms with Gasteiger partial charge < -0.3 is 9.84 Å². The summed E-state index contributed by atoms with van der Waals surface area (Å²) in [6.45, 7) is 3.03. The second-order valence-electron chi connectivity index (χ2n) is 7.16. The number of rotatable bonds is 5. The number of halogens is 3. The van der Waals surface area contributed by atoms with Crippen molar-refractivity contribution >= 4 is 40.9 Å². The predicted molar refractivity (Wildman–Crippen MR) is 113 cm³/mol. The maximum atomic E-state index is 13.1. The van der Waals surface area contributed by atoms with Gasteiger partial charge in [-0.05, 0) is 50.2 Å². The molecule has 0 fully saturated rings. The summed E-state index contributed by atoms with van der Waals surface area (Å²) in [7, 11) is 0. The van der Waals surface area contributed by atoms with Gasteiger partial charge in [0.1, 0.15) is 17.9 Å². The number of fused-ring (bicyclic) bond motifs is 1. The third-order valence-corrected chi connectivity index (χ3v) is 5.72. The second kappa shape index (κ2) is 8.33. The van der Waals surface area contributed by atoms with Crippen molar-refractivity contribution in [2.45, 2.75) is 25.9 Å². The van der Waals surface area contributed by atoms with Crippen LogP contribution < -0.4 is 5.32 Å². The molecule has 164 valence electrons. The zero-order valence-electron chi connectivity index (χ0n) is 16.7. The van der Waals surface area contributed by atoms with E-state index in [0.29, 0.717) is 5.56 Å². The quantitative estimate of drug-likeness (QED) is 0.556. The Morgan fingerprint density at radius 3 is 2.19 bits per heavy atom. The molecule has 2 heterocycles. The molecule has 0 saturated carbocycles. The molecule has 0 saturated heterocycles. The van der Waals surface area contributed by atoms with Crippen molar-refractivity contribution in [3.63, 3.8) is 0 Å². The Labute approximate surface area is 191 Å². The Kier molecular flexibility index (Phi) is 5.70. The lowest BCUT2D eigenvalue weighted by molar-refractivity contribution is -0.125. The molecule has 2 atom stereocenters. The van der Waals surface area contributed by atoms with Gasteiger partial charge in [0.2, 0.25) is 17.6 Å². The summed E-state index contributed by atoms with van der Waals surface area (Å²) < 4.78 is 18.3. The van der Waals surface area contributed by atoms with Crippen LogP contribution in [-0.2, 0) is 4.79 Å². The first-order chi connectivity index (χ1) is 15.2. The van der Waals surface area contributed by atoms with Crippen LogP contribution in [0.25, 0.3) is 11.4 Å². The first kappa shape index (κ1) is 21.9. The van der Waals surface area contributed by atoms with E-state index in [1.54, 1.807) is 6.92 Å². The Bertz CT molecular complexity index is 1200. The van der Waals surface area contributed by atoms with E-state index in [4.69, 9.17) is 27.7 Å². The molecular formula is C21H15Cl2FN4O4. The lowest BCUT2D eigenvalue weighted by Gasteiger charge is -2.22. The Morgan fingerprint density at radius 1 is 1.06 bits per heavy atom. The highest BCUT2D eigenvalue weighted by molar-refractivity contribution is 6.43. The summed E-state index contributed by atoms with van der Waals surface area (Å²) in [5.74, 6) is -1.96. The van der Waals surface area contributed by atoms with Crippen LogP contribution in [0.2, 0.25) is 10.0 Å². The third kappa shape index (κ3) is 3.85. The maximum Gasteiger partial charge on any atom is 0.262 e. The predicted octanol–water partition coefficient (Wildman–Crippen LogP) is 4.04. The average molecular weight is 477 g/mol. The third-order valence-electron chi connectivity index (χ3n) is 5.00. The molecular weight excluding hydrogens is 462 g/mol. The number of carbonyl (C=O) groups excluding carboxylic acids is 3. The van der Waals surface area contributed by atoms with Gasteiger partial charge in [0.25, 0.3) is 11.8 Å². The molecule has 8 nitrogen and oxygen atoms in total. The van der Waals surface area contributed by atoms with E-state index in [1.807, 2.05) is 0 Å². The lowest BCUT2D eigenvalue weighted by atomic mass is 10.1. The molecule has 4 rings (SSSR count). The Hall–Kier alpha value is -3.30. The number of hydrogen-bond donors (Lipinski definition) is 1. The topological polar surface area (TPSA) is 105 Å². The highest BCUT2D eigenvalue weighted by atomic mass is 35.5. The van der Waals surface area contributed by atoms with E-state index in [0.717, 1.165) is 4.90 Å². The fourth-order valence-corrected chi connectivity index (χ4v) is 3.57. The van der Waals surface area contributed by atoms with Gasteiger partial charge in [-0.3, -0.25) is 19.3 Å². The number of aromatic nitrogens is 2. The first-order valence-corrected chi connectivity index (χ1v) is 10.2. The SMILES string of the molecule is CC(NC(=O)C(C)N1C(=O)c2cc(Cl)c(Cl)cc2C1=O)c1nc(-c2ccc(F)cc2)no1. The number of hydrogen-bond acceptors (Lipinski definition) is 6. The first-order valence-electron chi connectivity index (χ1n) is 9.44. The van der Waals surface area contributed by atoms with E-state index in [2.05, 4.69) is 15.5 Å². The zero-order chi connectivity index (χ0) is 23.2. The summed E-state index contributed by atoms with van der Waals surface area (Å²) in [5, 5.41) is 6.74. The van der Waals surface area contributed by atoms with Crippen molar-refractivity contribution in [2.75, 3.05) is 0 Å². The molecule has 0 aliphatic carbocycles. The van der Waals surface area contributed by atoms with Gasteiger partial charge in [-0.1, -0.05) is 28.4 Å². The molecule has 3 aromatic rings. The smallest absolute Gasteiger partial charge is 0.262 e. The standard InChI is InChI=1S/C21H15Cl2FN4O4/c1-9(19-26-17(27-32-19)11-3-5-12(24)6-4-11)25-18(29)10(2)28-20(30)13-7-15(22)16(23)8-14(13)21(28)31/h3-10H,1-2H3,(H,25,29). The van der Waals surface area contributed by atoms with Crippen molar-refractivity contribution in [1.29, 1.82) is 0 Å². The largest absolute Gasteiger partial charge is 0.343 e. The molecule has 1 aromatic heterocycles. The Morgan fingerprint density at radius 2 is 1.62 bits per heavy atom. The van der Waals surface area contributed by atoms with Gasteiger partial charge in [-0.2, -0.15) is 4.98 Å². The van der Waals surface area contributed by atoms with Gasteiger partial charge in [-0.15, -0.1) is 0 Å². The van der Waals surface area contributed by atoms with E-state index in [9.17, 15) is 18.8 Å². The van der Waals surface area contributed by atoms with E-state index >= 15 is 0 Å². The van der Waals surface area contributed by atoms with Gasteiger partial charge in [0, 0.05) is 5.56 Å². The summed E-state index contributed by atoms with van der Waals surface area (Å²) in [4.78, 5) is 43.2. The molecule has 1 aliphatic heterocycles. The highest BCUT2D eigenvalue weighted by Crippen LogP contribution is 2.32.